The van der Waals surface area contributed by atoms with Crippen molar-refractivity contribution in [3.05, 3.63) is 28.2 Å². The number of carbonyl (C=O) groups excluding carboxylic acids is 1. The first-order valence-electron chi connectivity index (χ1n) is 6.11. The minimum Gasteiger partial charge on any atom is -0.485 e. The van der Waals surface area contributed by atoms with Gasteiger partial charge in [-0.3, -0.25) is 4.79 Å². The van der Waals surface area contributed by atoms with Gasteiger partial charge in [-0.1, -0.05) is 29.3 Å². The molecule has 0 fully saturated rings. The number of primary amides is 1. The number of quaternary nitrogens is 1. The van der Waals surface area contributed by atoms with Crippen LogP contribution in [-0.4, -0.2) is 31.6 Å². The Morgan fingerprint density at radius 3 is 2.42 bits per heavy atom. The molecule has 106 valence electrons. The van der Waals surface area contributed by atoms with Gasteiger partial charge in [-0.2, -0.15) is 0 Å². The topological polar surface area (TPSA) is 56.8 Å². The average Bonchev–Trinajstić information content (AvgIpc) is 2.30. The third kappa shape index (κ3) is 5.27. The van der Waals surface area contributed by atoms with Gasteiger partial charge in [0.15, 0.2) is 12.3 Å². The maximum atomic E-state index is 11.0. The van der Waals surface area contributed by atoms with Gasteiger partial charge in [0.25, 0.3) is 5.91 Å². The van der Waals surface area contributed by atoms with Crippen molar-refractivity contribution in [1.82, 2.24) is 0 Å². The standard InChI is InChI=1S/C13H18Cl2N2O2/c1-9(2)17(8-12(16)18)6-7-19-13-10(14)4-3-5-11(13)15/h3-5,9H,6-8H2,1-2H3,(H2,16,18)/p+1. The lowest BCUT2D eigenvalue weighted by Gasteiger charge is -2.22. The Labute approximate surface area is 123 Å². The van der Waals surface area contributed by atoms with Crippen LogP contribution in [0.4, 0.5) is 0 Å². The first kappa shape index (κ1) is 16.1. The second kappa shape index (κ2) is 7.58. The molecule has 0 aliphatic heterocycles. The Bertz CT molecular complexity index is 418. The summed E-state index contributed by atoms with van der Waals surface area (Å²) in [4.78, 5) is 12.0. The number of nitrogens with two attached hydrogens (primary N) is 1. The number of hydrogen-bond donors (Lipinski definition) is 2. The molecule has 6 heteroatoms. The van der Waals surface area contributed by atoms with Crippen LogP contribution in [-0.2, 0) is 4.79 Å². The number of benzene rings is 1. The summed E-state index contributed by atoms with van der Waals surface area (Å²) in [5, 5.41) is 0.960. The normalized spacial score (nSPS) is 12.5. The fourth-order valence-electron chi connectivity index (χ4n) is 1.71. The average molecular weight is 306 g/mol. The van der Waals surface area contributed by atoms with E-state index in [1.807, 2.05) is 13.8 Å². The predicted molar refractivity (Wildman–Crippen MR) is 77.0 cm³/mol. The molecule has 0 aliphatic rings. The van der Waals surface area contributed by atoms with Gasteiger partial charge in [-0.15, -0.1) is 0 Å². The minimum atomic E-state index is -0.320. The highest BCUT2D eigenvalue weighted by Gasteiger charge is 2.16. The number of rotatable bonds is 7. The first-order valence-corrected chi connectivity index (χ1v) is 6.87. The second-order valence-corrected chi connectivity index (χ2v) is 5.42. The molecule has 1 amide bonds. The van der Waals surface area contributed by atoms with E-state index < -0.39 is 0 Å². The summed E-state index contributed by atoms with van der Waals surface area (Å²) in [7, 11) is 0. The maximum absolute atomic E-state index is 11.0. The molecule has 1 aromatic carbocycles. The molecule has 0 aromatic heterocycles. The predicted octanol–water partition coefficient (Wildman–Crippen LogP) is 1.15. The Balaban J connectivity index is 2.54. The van der Waals surface area contributed by atoms with Gasteiger partial charge in [0, 0.05) is 0 Å². The molecule has 0 saturated carbocycles. The number of amides is 1. The lowest BCUT2D eigenvalue weighted by atomic mass is 10.3. The summed E-state index contributed by atoms with van der Waals surface area (Å²) in [6.07, 6.45) is 0. The highest BCUT2D eigenvalue weighted by Crippen LogP contribution is 2.31. The van der Waals surface area contributed by atoms with E-state index in [0.29, 0.717) is 28.9 Å². The SMILES string of the molecule is CC(C)[NH+](CCOc1c(Cl)cccc1Cl)CC(N)=O. The van der Waals surface area contributed by atoms with Crippen molar-refractivity contribution >= 4 is 29.1 Å². The lowest BCUT2D eigenvalue weighted by molar-refractivity contribution is -0.913. The molecule has 1 atom stereocenters. The van der Waals surface area contributed by atoms with Crippen LogP contribution < -0.4 is 15.4 Å². The molecule has 0 aliphatic carbocycles. The Morgan fingerprint density at radius 2 is 1.95 bits per heavy atom. The van der Waals surface area contributed by atoms with E-state index in [4.69, 9.17) is 33.7 Å². The van der Waals surface area contributed by atoms with Crippen molar-refractivity contribution in [2.75, 3.05) is 19.7 Å². The van der Waals surface area contributed by atoms with E-state index in [2.05, 4.69) is 0 Å². The Kier molecular flexibility index (Phi) is 6.42. The maximum Gasteiger partial charge on any atom is 0.272 e. The number of para-hydroxylation sites is 1. The summed E-state index contributed by atoms with van der Waals surface area (Å²) < 4.78 is 5.59. The van der Waals surface area contributed by atoms with Crippen LogP contribution in [0.15, 0.2) is 18.2 Å². The van der Waals surface area contributed by atoms with Gasteiger partial charge in [-0.25, -0.2) is 0 Å². The van der Waals surface area contributed by atoms with Gasteiger partial charge in [0.2, 0.25) is 0 Å². The molecular weight excluding hydrogens is 287 g/mol. The number of hydrogen-bond acceptors (Lipinski definition) is 2. The van der Waals surface area contributed by atoms with Gasteiger partial charge in [0.05, 0.1) is 16.1 Å². The van der Waals surface area contributed by atoms with E-state index in [1.165, 1.54) is 0 Å². The molecule has 0 radical (unpaired) electrons. The summed E-state index contributed by atoms with van der Waals surface area (Å²) in [6, 6.07) is 5.49. The van der Waals surface area contributed by atoms with E-state index >= 15 is 0 Å². The molecule has 0 spiro atoms. The summed E-state index contributed by atoms with van der Waals surface area (Å²) >= 11 is 12.0. The summed E-state index contributed by atoms with van der Waals surface area (Å²) in [5.74, 6) is 0.160. The molecule has 0 heterocycles. The third-order valence-electron chi connectivity index (χ3n) is 2.81. The number of carbonyl (C=O) groups is 1. The van der Waals surface area contributed by atoms with Crippen molar-refractivity contribution in [2.24, 2.45) is 5.73 Å². The molecule has 1 rings (SSSR count). The molecule has 1 unspecified atom stereocenters. The van der Waals surface area contributed by atoms with Crippen molar-refractivity contribution < 1.29 is 14.4 Å². The molecule has 0 bridgehead atoms. The molecular formula is C13H19Cl2N2O2+. The summed E-state index contributed by atoms with van der Waals surface area (Å²) in [5.41, 5.74) is 5.22. The quantitative estimate of drug-likeness (QED) is 0.794. The first-order chi connectivity index (χ1) is 8.91. The van der Waals surface area contributed by atoms with Crippen molar-refractivity contribution in [3.63, 3.8) is 0 Å². The zero-order chi connectivity index (χ0) is 14.4. The molecule has 4 nitrogen and oxygen atoms in total. The summed E-state index contributed by atoms with van der Waals surface area (Å²) in [6.45, 7) is 5.42. The zero-order valence-electron chi connectivity index (χ0n) is 11.1. The Hall–Kier alpha value is -0.970. The Morgan fingerprint density at radius 1 is 1.37 bits per heavy atom. The second-order valence-electron chi connectivity index (χ2n) is 4.61. The van der Waals surface area contributed by atoms with E-state index in [-0.39, 0.29) is 18.5 Å². The van der Waals surface area contributed by atoms with Crippen LogP contribution >= 0.6 is 23.2 Å². The smallest absolute Gasteiger partial charge is 0.272 e. The largest absolute Gasteiger partial charge is 0.485 e. The number of ether oxygens (including phenoxy) is 1. The van der Waals surface area contributed by atoms with Crippen LogP contribution in [0, 0.1) is 0 Å². The van der Waals surface area contributed by atoms with Crippen molar-refractivity contribution in [1.29, 1.82) is 0 Å². The van der Waals surface area contributed by atoms with Crippen LogP contribution in [0.2, 0.25) is 10.0 Å². The van der Waals surface area contributed by atoms with Gasteiger partial charge >= 0.3 is 0 Å². The van der Waals surface area contributed by atoms with Crippen LogP contribution in [0.3, 0.4) is 0 Å². The van der Waals surface area contributed by atoms with Crippen molar-refractivity contribution in [3.8, 4) is 5.75 Å². The fraction of sp³-hybridized carbons (Fsp3) is 0.462. The van der Waals surface area contributed by atoms with Crippen LogP contribution in [0.5, 0.6) is 5.75 Å². The molecule has 0 saturated heterocycles. The van der Waals surface area contributed by atoms with Gasteiger partial charge < -0.3 is 15.4 Å². The lowest BCUT2D eigenvalue weighted by Crippen LogP contribution is -3.16. The van der Waals surface area contributed by atoms with Crippen LogP contribution in [0.25, 0.3) is 0 Å². The number of nitrogens with one attached hydrogen (secondary N) is 1. The molecule has 3 N–H and O–H groups in total. The van der Waals surface area contributed by atoms with E-state index in [9.17, 15) is 4.79 Å². The minimum absolute atomic E-state index is 0.289. The molecule has 1 aromatic rings. The highest BCUT2D eigenvalue weighted by atomic mass is 35.5. The van der Waals surface area contributed by atoms with Crippen LogP contribution in [0.1, 0.15) is 13.8 Å². The fourth-order valence-corrected chi connectivity index (χ4v) is 2.22. The van der Waals surface area contributed by atoms with Gasteiger partial charge in [0.1, 0.15) is 13.2 Å². The highest BCUT2D eigenvalue weighted by molar-refractivity contribution is 6.37. The van der Waals surface area contributed by atoms with Gasteiger partial charge in [-0.05, 0) is 26.0 Å². The number of halogens is 2. The van der Waals surface area contributed by atoms with E-state index in [0.717, 1.165) is 4.90 Å². The monoisotopic (exact) mass is 305 g/mol. The zero-order valence-corrected chi connectivity index (χ0v) is 12.6. The van der Waals surface area contributed by atoms with Crippen molar-refractivity contribution in [2.45, 2.75) is 19.9 Å². The van der Waals surface area contributed by atoms with E-state index in [1.54, 1.807) is 18.2 Å². The molecule has 19 heavy (non-hydrogen) atoms. The third-order valence-corrected chi connectivity index (χ3v) is 3.40.